The van der Waals surface area contributed by atoms with Crippen molar-refractivity contribution in [1.29, 1.82) is 0 Å². The van der Waals surface area contributed by atoms with E-state index in [1.165, 1.54) is 0 Å². The second kappa shape index (κ2) is 6.51. The molecule has 1 saturated heterocycles. The zero-order chi connectivity index (χ0) is 21.0. The number of fused-ring (bicyclic) bond motifs is 2. The van der Waals surface area contributed by atoms with Crippen LogP contribution in [0.5, 0.6) is 0 Å². The summed E-state index contributed by atoms with van der Waals surface area (Å²) in [5.41, 5.74) is 1.18. The van der Waals surface area contributed by atoms with Gasteiger partial charge in [0.15, 0.2) is 11.5 Å². The predicted molar refractivity (Wildman–Crippen MR) is 115 cm³/mol. The van der Waals surface area contributed by atoms with E-state index < -0.39 is 0 Å². The van der Waals surface area contributed by atoms with Crippen LogP contribution in [-0.2, 0) is 5.41 Å². The third-order valence-electron chi connectivity index (χ3n) is 5.57. The smallest absolute Gasteiger partial charge is 0.259 e. The molecule has 0 spiro atoms. The Labute approximate surface area is 173 Å². The molecule has 0 unspecified atom stereocenters. The van der Waals surface area contributed by atoms with E-state index in [4.69, 9.17) is 5.10 Å². The number of anilines is 2. The van der Waals surface area contributed by atoms with Crippen LogP contribution in [0.4, 0.5) is 11.6 Å². The monoisotopic (exact) mass is 404 g/mol. The summed E-state index contributed by atoms with van der Waals surface area (Å²) in [6, 6.07) is 11.3. The van der Waals surface area contributed by atoms with Crippen molar-refractivity contribution in [3.05, 3.63) is 58.8 Å². The third-order valence-corrected chi connectivity index (χ3v) is 5.57. The van der Waals surface area contributed by atoms with E-state index in [1.807, 2.05) is 41.9 Å². The lowest BCUT2D eigenvalue weighted by atomic mass is 9.96. The van der Waals surface area contributed by atoms with Gasteiger partial charge in [-0.1, -0.05) is 26.8 Å². The van der Waals surface area contributed by atoms with Gasteiger partial charge in [0, 0.05) is 37.8 Å². The lowest BCUT2D eigenvalue weighted by molar-refractivity contribution is 0.483. The molecule has 0 aliphatic carbocycles. The lowest BCUT2D eigenvalue weighted by Crippen LogP contribution is -2.59. The van der Waals surface area contributed by atoms with Gasteiger partial charge in [0.1, 0.15) is 17.3 Å². The van der Waals surface area contributed by atoms with Crippen LogP contribution in [0.2, 0.25) is 0 Å². The van der Waals surface area contributed by atoms with Gasteiger partial charge in [-0.3, -0.25) is 9.20 Å². The molecule has 0 N–H and O–H groups in total. The minimum absolute atomic E-state index is 0.0759. The van der Waals surface area contributed by atoms with Crippen LogP contribution in [-0.4, -0.2) is 55.4 Å². The van der Waals surface area contributed by atoms with Crippen molar-refractivity contribution in [3.63, 3.8) is 0 Å². The molecule has 30 heavy (non-hydrogen) atoms. The van der Waals surface area contributed by atoms with E-state index in [2.05, 4.69) is 45.8 Å². The molecular weight excluding hydrogens is 380 g/mol. The number of aromatic nitrogens is 6. The molecule has 4 aromatic heterocycles. The number of pyridine rings is 1. The molecule has 4 aromatic rings. The number of likely N-dealkylation sites (N-methyl/N-ethyl adjacent to an activating group) is 1. The third kappa shape index (κ3) is 2.97. The molecule has 0 amide bonds. The topological polar surface area (TPSA) is 83.9 Å². The van der Waals surface area contributed by atoms with Crippen LogP contribution in [0.25, 0.3) is 11.3 Å². The van der Waals surface area contributed by atoms with E-state index >= 15 is 0 Å². The highest BCUT2D eigenvalue weighted by atomic mass is 16.1. The molecule has 1 aliphatic heterocycles. The quantitative estimate of drug-likeness (QED) is 0.514. The van der Waals surface area contributed by atoms with Crippen LogP contribution >= 0.6 is 0 Å². The summed E-state index contributed by atoms with van der Waals surface area (Å²) in [5, 5.41) is 13.3. The van der Waals surface area contributed by atoms with Crippen molar-refractivity contribution >= 4 is 22.9 Å². The minimum atomic E-state index is -0.140. The van der Waals surface area contributed by atoms with Gasteiger partial charge < -0.3 is 9.80 Å². The second-order valence-corrected chi connectivity index (χ2v) is 8.79. The molecule has 154 valence electrons. The Morgan fingerprint density at radius 3 is 2.63 bits per heavy atom. The molecule has 0 bridgehead atoms. The van der Waals surface area contributed by atoms with Gasteiger partial charge >= 0.3 is 0 Å². The standard InChI is InChI=1S/C21H24N8O/c1-21(2,3)20-24-23-16-8-9-17(25-29(16)20)27-12-14(13-27)26(4)18-11-19(30)28-10-6-5-7-15(28)22-18/h5-11,14H,12-13H2,1-4H3. The van der Waals surface area contributed by atoms with Crippen molar-refractivity contribution in [1.82, 2.24) is 29.2 Å². The Bertz CT molecular complexity index is 1300. The first-order valence-electron chi connectivity index (χ1n) is 10.0. The zero-order valence-electron chi connectivity index (χ0n) is 17.5. The van der Waals surface area contributed by atoms with E-state index in [0.29, 0.717) is 11.5 Å². The first kappa shape index (κ1) is 18.5. The van der Waals surface area contributed by atoms with Gasteiger partial charge in [-0.2, -0.15) is 4.52 Å². The molecule has 0 atom stereocenters. The minimum Gasteiger partial charge on any atom is -0.353 e. The van der Waals surface area contributed by atoms with Crippen molar-refractivity contribution in [3.8, 4) is 0 Å². The normalized spacial score (nSPS) is 15.0. The van der Waals surface area contributed by atoms with Gasteiger partial charge in [0.25, 0.3) is 5.56 Å². The molecule has 5 rings (SSSR count). The van der Waals surface area contributed by atoms with Crippen LogP contribution in [0.15, 0.2) is 47.4 Å². The van der Waals surface area contributed by atoms with E-state index in [-0.39, 0.29) is 17.0 Å². The Balaban J connectivity index is 1.37. The zero-order valence-corrected chi connectivity index (χ0v) is 17.5. The summed E-state index contributed by atoms with van der Waals surface area (Å²) < 4.78 is 3.38. The van der Waals surface area contributed by atoms with Crippen LogP contribution in [0, 0.1) is 0 Å². The second-order valence-electron chi connectivity index (χ2n) is 8.79. The highest BCUT2D eigenvalue weighted by Gasteiger charge is 2.32. The average Bonchev–Trinajstić information content (AvgIpc) is 3.10. The van der Waals surface area contributed by atoms with Gasteiger partial charge in [-0.25, -0.2) is 4.98 Å². The Hall–Kier alpha value is -3.49. The largest absolute Gasteiger partial charge is 0.353 e. The summed E-state index contributed by atoms with van der Waals surface area (Å²) in [7, 11) is 1.98. The Kier molecular flexibility index (Phi) is 4.02. The van der Waals surface area contributed by atoms with Crippen molar-refractivity contribution in [2.45, 2.75) is 32.2 Å². The van der Waals surface area contributed by atoms with E-state index in [0.717, 1.165) is 30.4 Å². The molecule has 9 heteroatoms. The van der Waals surface area contributed by atoms with E-state index in [9.17, 15) is 4.79 Å². The summed E-state index contributed by atoms with van der Waals surface area (Å²) in [4.78, 5) is 21.3. The summed E-state index contributed by atoms with van der Waals surface area (Å²) in [5.74, 6) is 2.42. The van der Waals surface area contributed by atoms with Crippen LogP contribution in [0.1, 0.15) is 26.6 Å². The molecule has 1 fully saturated rings. The SMILES string of the molecule is CN(c1cc(=O)n2ccccc2n1)C1CN(c2ccc3nnc(C(C)(C)C)n3n2)C1. The maximum atomic E-state index is 12.4. The first-order chi connectivity index (χ1) is 14.3. The Morgan fingerprint density at radius 2 is 1.87 bits per heavy atom. The maximum absolute atomic E-state index is 12.4. The predicted octanol–water partition coefficient (Wildman–Crippen LogP) is 1.75. The van der Waals surface area contributed by atoms with Gasteiger partial charge in [0.2, 0.25) is 0 Å². The number of hydrogen-bond donors (Lipinski definition) is 0. The van der Waals surface area contributed by atoms with Crippen LogP contribution in [0.3, 0.4) is 0 Å². The molecule has 0 saturated carbocycles. The van der Waals surface area contributed by atoms with Crippen molar-refractivity contribution in [2.24, 2.45) is 0 Å². The fourth-order valence-corrected chi connectivity index (χ4v) is 3.71. The lowest BCUT2D eigenvalue weighted by Gasteiger charge is -2.44. The molecule has 5 heterocycles. The molecule has 0 aromatic carbocycles. The van der Waals surface area contributed by atoms with Crippen molar-refractivity contribution in [2.75, 3.05) is 29.9 Å². The van der Waals surface area contributed by atoms with E-state index in [1.54, 1.807) is 16.7 Å². The van der Waals surface area contributed by atoms with Crippen molar-refractivity contribution < 1.29 is 0 Å². The van der Waals surface area contributed by atoms with Gasteiger partial charge in [0.05, 0.1) is 6.04 Å². The van der Waals surface area contributed by atoms with Gasteiger partial charge in [-0.05, 0) is 24.3 Å². The first-order valence-corrected chi connectivity index (χ1v) is 10.0. The average molecular weight is 404 g/mol. The molecular formula is C21H24N8O. The summed E-state index contributed by atoms with van der Waals surface area (Å²) in [6.07, 6.45) is 1.73. The number of nitrogens with zero attached hydrogens (tertiary/aromatic N) is 8. The number of hydrogen-bond acceptors (Lipinski definition) is 7. The number of rotatable bonds is 3. The summed E-state index contributed by atoms with van der Waals surface area (Å²) >= 11 is 0. The highest BCUT2D eigenvalue weighted by Crippen LogP contribution is 2.26. The van der Waals surface area contributed by atoms with Crippen LogP contribution < -0.4 is 15.4 Å². The summed E-state index contributed by atoms with van der Waals surface area (Å²) in [6.45, 7) is 7.91. The molecule has 0 radical (unpaired) electrons. The molecule has 9 nitrogen and oxygen atoms in total. The molecule has 1 aliphatic rings. The van der Waals surface area contributed by atoms with Gasteiger partial charge in [-0.15, -0.1) is 15.3 Å². The fraction of sp³-hybridized carbons (Fsp3) is 0.381. The highest BCUT2D eigenvalue weighted by molar-refractivity contribution is 5.53. The fourth-order valence-electron chi connectivity index (χ4n) is 3.71. The maximum Gasteiger partial charge on any atom is 0.259 e. The Morgan fingerprint density at radius 1 is 1.07 bits per heavy atom.